The summed E-state index contributed by atoms with van der Waals surface area (Å²) in [6, 6.07) is 8.13. The van der Waals surface area contributed by atoms with Gasteiger partial charge in [-0.1, -0.05) is 19.1 Å². The van der Waals surface area contributed by atoms with Crippen molar-refractivity contribution in [1.82, 2.24) is 5.32 Å². The fourth-order valence-corrected chi connectivity index (χ4v) is 1.29. The third-order valence-corrected chi connectivity index (χ3v) is 2.07. The van der Waals surface area contributed by atoms with Crippen LogP contribution in [0.2, 0.25) is 0 Å². The molecule has 0 spiro atoms. The van der Waals surface area contributed by atoms with E-state index in [9.17, 15) is 0 Å². The number of rotatable bonds is 7. The van der Waals surface area contributed by atoms with Crippen LogP contribution in [0.4, 0.5) is 0 Å². The van der Waals surface area contributed by atoms with Crippen LogP contribution in [0.25, 0.3) is 0 Å². The Kier molecular flexibility index (Phi) is 5.81. The molecule has 0 aliphatic heterocycles. The zero-order valence-corrected chi connectivity index (χ0v) is 9.33. The van der Waals surface area contributed by atoms with Gasteiger partial charge in [-0.25, -0.2) is 0 Å². The minimum absolute atomic E-state index is 0.555. The molecular formula is C12H20N2O. The van der Waals surface area contributed by atoms with Crippen LogP contribution in [0, 0.1) is 0 Å². The molecule has 0 aromatic heterocycles. The van der Waals surface area contributed by atoms with Crippen LogP contribution in [-0.4, -0.2) is 19.7 Å². The summed E-state index contributed by atoms with van der Waals surface area (Å²) in [6.07, 6.45) is 1.16. The molecule has 0 unspecified atom stereocenters. The highest BCUT2D eigenvalue weighted by molar-refractivity contribution is 5.27. The molecule has 0 bridgehead atoms. The normalized spacial score (nSPS) is 10.3. The predicted octanol–water partition coefficient (Wildman–Crippen LogP) is 1.52. The third-order valence-electron chi connectivity index (χ3n) is 2.07. The van der Waals surface area contributed by atoms with E-state index in [-0.39, 0.29) is 0 Å². The lowest BCUT2D eigenvalue weighted by Crippen LogP contribution is -2.13. The highest BCUT2D eigenvalue weighted by Gasteiger charge is 1.94. The van der Waals surface area contributed by atoms with Gasteiger partial charge < -0.3 is 15.8 Å². The van der Waals surface area contributed by atoms with Gasteiger partial charge in [0.05, 0.1) is 0 Å². The Morgan fingerprint density at radius 1 is 1.27 bits per heavy atom. The van der Waals surface area contributed by atoms with Crippen molar-refractivity contribution < 1.29 is 4.74 Å². The Bertz CT molecular complexity index is 259. The van der Waals surface area contributed by atoms with Crippen LogP contribution in [0.3, 0.4) is 0 Å². The Morgan fingerprint density at radius 3 is 2.60 bits per heavy atom. The molecule has 0 amide bonds. The second-order valence-electron chi connectivity index (χ2n) is 3.46. The molecule has 1 rings (SSSR count). The van der Waals surface area contributed by atoms with Crippen molar-refractivity contribution in [3.63, 3.8) is 0 Å². The first kappa shape index (κ1) is 12.0. The fourth-order valence-electron chi connectivity index (χ4n) is 1.29. The molecule has 0 radical (unpaired) electrons. The molecule has 0 saturated heterocycles. The van der Waals surface area contributed by atoms with Gasteiger partial charge in [0.25, 0.3) is 0 Å². The maximum atomic E-state index is 5.39. The smallest absolute Gasteiger partial charge is 0.119 e. The molecule has 0 atom stereocenters. The maximum absolute atomic E-state index is 5.39. The van der Waals surface area contributed by atoms with Crippen molar-refractivity contribution in [3.8, 4) is 5.75 Å². The minimum atomic E-state index is 0.555. The first-order chi connectivity index (χ1) is 7.36. The maximum Gasteiger partial charge on any atom is 0.119 e. The van der Waals surface area contributed by atoms with Crippen molar-refractivity contribution in [2.75, 3.05) is 19.7 Å². The summed E-state index contributed by atoms with van der Waals surface area (Å²) in [7, 11) is 0. The van der Waals surface area contributed by atoms with E-state index in [0.29, 0.717) is 13.2 Å². The Labute approximate surface area is 91.6 Å². The fraction of sp³-hybridized carbons (Fsp3) is 0.500. The third kappa shape index (κ3) is 4.81. The number of benzene rings is 1. The van der Waals surface area contributed by atoms with Crippen LogP contribution in [0.15, 0.2) is 24.3 Å². The molecule has 0 aliphatic carbocycles. The van der Waals surface area contributed by atoms with Gasteiger partial charge >= 0.3 is 0 Å². The van der Waals surface area contributed by atoms with E-state index in [4.69, 9.17) is 10.5 Å². The van der Waals surface area contributed by atoms with E-state index in [2.05, 4.69) is 24.4 Å². The molecule has 0 saturated carbocycles. The molecule has 3 heteroatoms. The lowest BCUT2D eigenvalue weighted by Gasteiger charge is -2.06. The molecule has 0 heterocycles. The number of ether oxygens (including phenoxy) is 1. The Balaban J connectivity index is 2.35. The Hall–Kier alpha value is -1.06. The molecule has 1 aromatic carbocycles. The lowest BCUT2D eigenvalue weighted by molar-refractivity contribution is 0.328. The monoisotopic (exact) mass is 208 g/mol. The molecular weight excluding hydrogens is 188 g/mol. The number of nitrogens with one attached hydrogen (secondary N) is 1. The summed E-state index contributed by atoms with van der Waals surface area (Å²) in [5.41, 5.74) is 6.63. The average molecular weight is 208 g/mol. The molecule has 3 N–H and O–H groups in total. The first-order valence-electron chi connectivity index (χ1n) is 5.49. The van der Waals surface area contributed by atoms with Crippen molar-refractivity contribution in [2.45, 2.75) is 19.9 Å². The summed E-state index contributed by atoms with van der Waals surface area (Å²) < 4.78 is 5.39. The first-order valence-corrected chi connectivity index (χ1v) is 5.49. The summed E-state index contributed by atoms with van der Waals surface area (Å²) in [4.78, 5) is 0. The zero-order valence-electron chi connectivity index (χ0n) is 9.33. The van der Waals surface area contributed by atoms with Gasteiger partial charge in [0.2, 0.25) is 0 Å². The van der Waals surface area contributed by atoms with Crippen LogP contribution in [-0.2, 0) is 6.54 Å². The van der Waals surface area contributed by atoms with Gasteiger partial charge in [0.1, 0.15) is 12.4 Å². The highest BCUT2D eigenvalue weighted by Crippen LogP contribution is 2.11. The summed E-state index contributed by atoms with van der Waals surface area (Å²) in [5, 5.41) is 3.35. The highest BCUT2D eigenvalue weighted by atomic mass is 16.5. The SMILES string of the molecule is CCCNCc1ccc(OCCN)cc1. The van der Waals surface area contributed by atoms with Gasteiger partial charge in [0, 0.05) is 13.1 Å². The van der Waals surface area contributed by atoms with E-state index >= 15 is 0 Å². The van der Waals surface area contributed by atoms with Crippen molar-refractivity contribution >= 4 is 0 Å². The molecule has 15 heavy (non-hydrogen) atoms. The van der Waals surface area contributed by atoms with Crippen molar-refractivity contribution in [3.05, 3.63) is 29.8 Å². The minimum Gasteiger partial charge on any atom is -0.492 e. The molecule has 0 aliphatic rings. The van der Waals surface area contributed by atoms with Gasteiger partial charge in [-0.2, -0.15) is 0 Å². The number of nitrogens with two attached hydrogens (primary N) is 1. The molecule has 1 aromatic rings. The van der Waals surface area contributed by atoms with Crippen molar-refractivity contribution in [1.29, 1.82) is 0 Å². The summed E-state index contributed by atoms with van der Waals surface area (Å²) >= 11 is 0. The second-order valence-corrected chi connectivity index (χ2v) is 3.46. The quantitative estimate of drug-likeness (QED) is 0.668. The van der Waals surface area contributed by atoms with Gasteiger partial charge in [-0.05, 0) is 30.7 Å². The predicted molar refractivity (Wildman–Crippen MR) is 63.0 cm³/mol. The molecule has 0 fully saturated rings. The molecule has 84 valence electrons. The van der Waals surface area contributed by atoms with Gasteiger partial charge in [-0.15, -0.1) is 0 Å². The topological polar surface area (TPSA) is 47.3 Å². The van der Waals surface area contributed by atoms with Crippen LogP contribution in [0.5, 0.6) is 5.75 Å². The van der Waals surface area contributed by atoms with Gasteiger partial charge in [-0.3, -0.25) is 0 Å². The summed E-state index contributed by atoms with van der Waals surface area (Å²) in [6.45, 7) is 5.28. The van der Waals surface area contributed by atoms with E-state index in [1.165, 1.54) is 5.56 Å². The van der Waals surface area contributed by atoms with E-state index in [1.54, 1.807) is 0 Å². The zero-order chi connectivity index (χ0) is 10.9. The summed E-state index contributed by atoms with van der Waals surface area (Å²) in [5.74, 6) is 0.889. The average Bonchev–Trinajstić information content (AvgIpc) is 2.28. The van der Waals surface area contributed by atoms with E-state index in [0.717, 1.165) is 25.3 Å². The van der Waals surface area contributed by atoms with Gasteiger partial charge in [0.15, 0.2) is 0 Å². The van der Waals surface area contributed by atoms with Crippen LogP contribution in [0.1, 0.15) is 18.9 Å². The number of hydrogen-bond acceptors (Lipinski definition) is 3. The van der Waals surface area contributed by atoms with Crippen LogP contribution >= 0.6 is 0 Å². The standard InChI is InChI=1S/C12H20N2O/c1-2-8-14-10-11-3-5-12(6-4-11)15-9-7-13/h3-6,14H,2,7-10,13H2,1H3. The lowest BCUT2D eigenvalue weighted by atomic mass is 10.2. The van der Waals surface area contributed by atoms with E-state index in [1.807, 2.05) is 12.1 Å². The van der Waals surface area contributed by atoms with Crippen molar-refractivity contribution in [2.24, 2.45) is 5.73 Å². The Morgan fingerprint density at radius 2 is 2.00 bits per heavy atom. The van der Waals surface area contributed by atoms with E-state index < -0.39 is 0 Å². The van der Waals surface area contributed by atoms with Crippen LogP contribution < -0.4 is 15.8 Å². The second kappa shape index (κ2) is 7.26. The number of hydrogen-bond donors (Lipinski definition) is 2. The molecule has 3 nitrogen and oxygen atoms in total. The largest absolute Gasteiger partial charge is 0.492 e.